The lowest BCUT2D eigenvalue weighted by atomic mass is 10.0. The van der Waals surface area contributed by atoms with Crippen LogP contribution in [0.3, 0.4) is 0 Å². The summed E-state index contributed by atoms with van der Waals surface area (Å²) in [7, 11) is 0. The van der Waals surface area contributed by atoms with Crippen LogP contribution in [0.4, 0.5) is 10.1 Å². The molecule has 2 saturated heterocycles. The Kier molecular flexibility index (Phi) is 8.52. The van der Waals surface area contributed by atoms with Gasteiger partial charge in [-0.25, -0.2) is 4.39 Å². The van der Waals surface area contributed by atoms with Crippen molar-refractivity contribution in [2.24, 2.45) is 5.92 Å². The molecular weight excluding hydrogens is 601 g/mol. The van der Waals surface area contributed by atoms with E-state index in [0.717, 1.165) is 37.4 Å². The molecular formula is C36H36FN5O5. The number of rotatable bonds is 10. The van der Waals surface area contributed by atoms with Gasteiger partial charge < -0.3 is 19.3 Å². The Morgan fingerprint density at radius 1 is 0.936 bits per heavy atom. The van der Waals surface area contributed by atoms with Crippen LogP contribution in [0.25, 0.3) is 0 Å². The number of halogens is 1. The van der Waals surface area contributed by atoms with Gasteiger partial charge in [-0.1, -0.05) is 18.2 Å². The van der Waals surface area contributed by atoms with Gasteiger partial charge in [0.15, 0.2) is 0 Å². The summed E-state index contributed by atoms with van der Waals surface area (Å²) in [5.74, 6) is 0.286. The van der Waals surface area contributed by atoms with Crippen LogP contribution in [0, 0.1) is 23.1 Å². The van der Waals surface area contributed by atoms with Gasteiger partial charge in [-0.15, -0.1) is 0 Å². The first-order chi connectivity index (χ1) is 22.9. The average Bonchev–Trinajstić information content (AvgIpc) is 3.85. The molecule has 1 aliphatic carbocycles. The number of piperazine rings is 1. The fourth-order valence-corrected chi connectivity index (χ4v) is 6.49. The maximum atomic E-state index is 15.2. The van der Waals surface area contributed by atoms with E-state index in [0.29, 0.717) is 52.8 Å². The molecule has 1 N–H and O–H groups in total. The number of nitrogens with zero attached hydrogens (tertiary/aromatic N) is 4. The van der Waals surface area contributed by atoms with Crippen LogP contribution in [-0.4, -0.2) is 66.3 Å². The number of amides is 3. The van der Waals surface area contributed by atoms with Crippen LogP contribution in [0.2, 0.25) is 0 Å². The zero-order chi connectivity index (χ0) is 32.5. The molecule has 0 spiro atoms. The van der Waals surface area contributed by atoms with E-state index < -0.39 is 11.9 Å². The van der Waals surface area contributed by atoms with Crippen molar-refractivity contribution >= 4 is 23.4 Å². The number of imide groups is 1. The molecule has 3 amide bonds. The quantitative estimate of drug-likeness (QED) is 0.330. The summed E-state index contributed by atoms with van der Waals surface area (Å²) in [6.45, 7) is 4.72. The standard InChI is InChI=1S/C36H36FN5O5/c37-30-16-24(19-40-12-14-41(15-13-40)27-9-8-25(18-38)33(17-27)46-21-23-4-5-23)6-7-26(30)22-47-32-3-1-2-28-29(32)20-42(36(28)45)31-10-11-34(43)39-35(31)44/h1-3,6-9,16-17,23,31H,4-5,10-15,19-22H2,(H,39,43,44)/t31-/m0/s1. The molecule has 0 radical (unpaired) electrons. The van der Waals surface area contributed by atoms with Crippen LogP contribution in [0.5, 0.6) is 11.5 Å². The van der Waals surface area contributed by atoms with E-state index in [1.54, 1.807) is 30.3 Å². The third-order valence-corrected chi connectivity index (χ3v) is 9.44. The molecule has 1 saturated carbocycles. The number of ether oxygens (including phenoxy) is 2. The first-order valence-electron chi connectivity index (χ1n) is 16.2. The number of hydrogen-bond acceptors (Lipinski definition) is 8. The van der Waals surface area contributed by atoms with E-state index in [1.165, 1.54) is 17.7 Å². The van der Waals surface area contributed by atoms with Crippen molar-refractivity contribution in [2.75, 3.05) is 37.7 Å². The minimum atomic E-state index is -0.714. The van der Waals surface area contributed by atoms with E-state index in [4.69, 9.17) is 9.47 Å². The zero-order valence-electron chi connectivity index (χ0n) is 26.0. The third kappa shape index (κ3) is 6.65. The molecule has 47 heavy (non-hydrogen) atoms. The Balaban J connectivity index is 0.933. The van der Waals surface area contributed by atoms with Crippen molar-refractivity contribution in [2.45, 2.75) is 51.4 Å². The van der Waals surface area contributed by atoms with Crippen molar-refractivity contribution in [3.05, 3.63) is 88.2 Å². The van der Waals surface area contributed by atoms with Crippen LogP contribution in [0.15, 0.2) is 54.6 Å². The fraction of sp³-hybridized carbons (Fsp3) is 0.389. The van der Waals surface area contributed by atoms with E-state index >= 15 is 4.39 Å². The summed E-state index contributed by atoms with van der Waals surface area (Å²) >= 11 is 0. The number of carbonyl (C=O) groups is 3. The molecule has 3 aromatic rings. The second-order valence-corrected chi connectivity index (χ2v) is 12.7. The van der Waals surface area contributed by atoms with E-state index in [9.17, 15) is 19.6 Å². The minimum Gasteiger partial charge on any atom is -0.492 e. The van der Waals surface area contributed by atoms with Crippen molar-refractivity contribution in [1.82, 2.24) is 15.1 Å². The predicted octanol–water partition coefficient (Wildman–Crippen LogP) is 4.15. The third-order valence-electron chi connectivity index (χ3n) is 9.44. The molecule has 0 bridgehead atoms. The normalized spacial score (nSPS) is 19.7. The fourth-order valence-electron chi connectivity index (χ4n) is 6.49. The second kappa shape index (κ2) is 13.0. The summed E-state index contributed by atoms with van der Waals surface area (Å²) in [6, 6.07) is 17.7. The van der Waals surface area contributed by atoms with Gasteiger partial charge in [0.05, 0.1) is 18.7 Å². The van der Waals surface area contributed by atoms with Crippen LogP contribution >= 0.6 is 0 Å². The van der Waals surface area contributed by atoms with Gasteiger partial charge in [-0.2, -0.15) is 5.26 Å². The number of nitriles is 1. The van der Waals surface area contributed by atoms with Gasteiger partial charge in [0.2, 0.25) is 11.8 Å². The molecule has 3 fully saturated rings. The largest absolute Gasteiger partial charge is 0.492 e. The lowest BCUT2D eigenvalue weighted by Crippen LogP contribution is -2.52. The topological polar surface area (TPSA) is 115 Å². The molecule has 1 atom stereocenters. The zero-order valence-corrected chi connectivity index (χ0v) is 26.0. The van der Waals surface area contributed by atoms with E-state index in [1.807, 2.05) is 24.3 Å². The van der Waals surface area contributed by atoms with Gasteiger partial charge in [0.1, 0.15) is 36.0 Å². The van der Waals surface area contributed by atoms with E-state index in [2.05, 4.69) is 21.2 Å². The van der Waals surface area contributed by atoms with E-state index in [-0.39, 0.29) is 43.6 Å². The van der Waals surface area contributed by atoms with Crippen molar-refractivity contribution in [3.63, 3.8) is 0 Å². The number of nitrogens with one attached hydrogen (secondary N) is 1. The average molecular weight is 638 g/mol. The molecule has 0 aromatic heterocycles. The van der Waals surface area contributed by atoms with Crippen molar-refractivity contribution in [3.8, 4) is 17.6 Å². The monoisotopic (exact) mass is 637 g/mol. The summed E-state index contributed by atoms with van der Waals surface area (Å²) in [5, 5.41) is 11.8. The molecule has 3 aliphatic heterocycles. The number of carbonyl (C=O) groups excluding carboxylic acids is 3. The van der Waals surface area contributed by atoms with Crippen LogP contribution < -0.4 is 19.7 Å². The van der Waals surface area contributed by atoms with Crippen molar-refractivity contribution < 1.29 is 28.2 Å². The molecule has 11 heteroatoms. The lowest BCUT2D eigenvalue weighted by molar-refractivity contribution is -0.136. The Bertz CT molecular complexity index is 1760. The van der Waals surface area contributed by atoms with Crippen molar-refractivity contribution in [1.29, 1.82) is 5.26 Å². The Labute approximate surface area is 272 Å². The van der Waals surface area contributed by atoms with Gasteiger partial charge >= 0.3 is 0 Å². The first-order valence-corrected chi connectivity index (χ1v) is 16.2. The molecule has 7 rings (SSSR count). The van der Waals surface area contributed by atoms with Gasteiger partial charge in [-0.3, -0.25) is 24.6 Å². The smallest absolute Gasteiger partial charge is 0.255 e. The summed E-state index contributed by atoms with van der Waals surface area (Å²) < 4.78 is 27.2. The molecule has 0 unspecified atom stereocenters. The summed E-state index contributed by atoms with van der Waals surface area (Å²) in [5.41, 5.74) is 3.99. The highest BCUT2D eigenvalue weighted by molar-refractivity contribution is 6.05. The SMILES string of the molecule is N#Cc1ccc(N2CCN(Cc3ccc(COc4cccc5c4CN([C@H]4CCC(=O)NC4=O)C5=O)c(F)c3)CC2)cc1OCC1CC1. The van der Waals surface area contributed by atoms with Gasteiger partial charge in [0.25, 0.3) is 5.91 Å². The molecule has 3 heterocycles. The first kappa shape index (κ1) is 30.7. The predicted molar refractivity (Wildman–Crippen MR) is 170 cm³/mol. The number of hydrogen-bond donors (Lipinski definition) is 1. The molecule has 10 nitrogen and oxygen atoms in total. The van der Waals surface area contributed by atoms with Crippen LogP contribution in [0.1, 0.15) is 58.3 Å². The number of anilines is 1. The molecule has 4 aliphatic rings. The minimum absolute atomic E-state index is 0.00913. The van der Waals surface area contributed by atoms with Gasteiger partial charge in [0, 0.05) is 67.6 Å². The number of fused-ring (bicyclic) bond motifs is 1. The second-order valence-electron chi connectivity index (χ2n) is 12.7. The Morgan fingerprint density at radius 2 is 1.77 bits per heavy atom. The highest BCUT2D eigenvalue weighted by atomic mass is 19.1. The summed E-state index contributed by atoms with van der Waals surface area (Å²) in [4.78, 5) is 43.1. The van der Waals surface area contributed by atoms with Crippen LogP contribution in [-0.2, 0) is 29.3 Å². The number of piperidine rings is 1. The summed E-state index contributed by atoms with van der Waals surface area (Å²) in [6.07, 6.45) is 2.84. The lowest BCUT2D eigenvalue weighted by Gasteiger charge is -2.36. The van der Waals surface area contributed by atoms with Gasteiger partial charge in [-0.05, 0) is 61.1 Å². The molecule has 3 aromatic carbocycles. The highest BCUT2D eigenvalue weighted by Crippen LogP contribution is 2.35. The highest BCUT2D eigenvalue weighted by Gasteiger charge is 2.40. The Hall–Kier alpha value is -4.95. The maximum absolute atomic E-state index is 15.2. The molecule has 242 valence electrons. The maximum Gasteiger partial charge on any atom is 0.255 e. The Morgan fingerprint density at radius 3 is 2.51 bits per heavy atom. The number of benzene rings is 3.